The summed E-state index contributed by atoms with van der Waals surface area (Å²) in [5.74, 6) is 0.0000606. The molecule has 0 unspecified atom stereocenters. The van der Waals surface area contributed by atoms with Crippen molar-refractivity contribution in [2.75, 3.05) is 13.1 Å². The average molecular weight is 367 g/mol. The molecule has 1 fully saturated rings. The molecule has 134 valence electrons. The Bertz CT molecular complexity index is 998. The molecule has 4 rings (SSSR count). The van der Waals surface area contributed by atoms with Crippen LogP contribution in [0.3, 0.4) is 0 Å². The van der Waals surface area contributed by atoms with Crippen molar-refractivity contribution in [3.63, 3.8) is 0 Å². The zero-order valence-electron chi connectivity index (χ0n) is 14.8. The van der Waals surface area contributed by atoms with Crippen LogP contribution in [-0.2, 0) is 11.3 Å². The maximum atomic E-state index is 13.0. The number of amides is 1. The predicted octanol–water partition coefficient (Wildman–Crippen LogP) is 3.45. The third kappa shape index (κ3) is 3.17. The zero-order valence-corrected chi connectivity index (χ0v) is 15.6. The number of carbonyl (C=O) groups is 1. The molecule has 0 spiro atoms. The minimum absolute atomic E-state index is 0.0000606. The third-order valence-corrected chi connectivity index (χ3v) is 5.82. The lowest BCUT2D eigenvalue weighted by atomic mass is 10.1. The SMILES string of the molecule is Cc1ccc(-c2csc3ncn(CC(=O)N4CCCCC4)c(=O)c23)cc1. The molecule has 3 heterocycles. The number of piperidine rings is 1. The summed E-state index contributed by atoms with van der Waals surface area (Å²) in [7, 11) is 0. The van der Waals surface area contributed by atoms with Gasteiger partial charge in [0.15, 0.2) is 0 Å². The van der Waals surface area contributed by atoms with Crippen molar-refractivity contribution < 1.29 is 4.79 Å². The number of thiophene rings is 1. The van der Waals surface area contributed by atoms with Crippen molar-refractivity contribution in [1.29, 1.82) is 0 Å². The topological polar surface area (TPSA) is 55.2 Å². The van der Waals surface area contributed by atoms with Crippen molar-refractivity contribution in [2.45, 2.75) is 32.7 Å². The molecule has 0 saturated carbocycles. The van der Waals surface area contributed by atoms with Gasteiger partial charge in [-0.05, 0) is 31.7 Å². The molecule has 1 amide bonds. The van der Waals surface area contributed by atoms with Crippen LogP contribution in [0.25, 0.3) is 21.3 Å². The number of fused-ring (bicyclic) bond motifs is 1. The molecule has 1 aromatic carbocycles. The first-order chi connectivity index (χ1) is 12.6. The maximum Gasteiger partial charge on any atom is 0.263 e. The second-order valence-corrected chi connectivity index (χ2v) is 7.67. The Morgan fingerprint density at radius 1 is 1.15 bits per heavy atom. The lowest BCUT2D eigenvalue weighted by Crippen LogP contribution is -2.39. The molecule has 5 nitrogen and oxygen atoms in total. The normalized spacial score (nSPS) is 14.7. The number of hydrogen-bond donors (Lipinski definition) is 0. The summed E-state index contributed by atoms with van der Waals surface area (Å²) in [6.07, 6.45) is 4.76. The molecule has 0 radical (unpaired) electrons. The van der Waals surface area contributed by atoms with Crippen LogP contribution in [0.2, 0.25) is 0 Å². The summed E-state index contributed by atoms with van der Waals surface area (Å²) >= 11 is 1.46. The molecular formula is C20H21N3O2S. The highest BCUT2D eigenvalue weighted by Gasteiger charge is 2.19. The highest BCUT2D eigenvalue weighted by Crippen LogP contribution is 2.30. The third-order valence-electron chi connectivity index (χ3n) is 4.94. The fraction of sp³-hybridized carbons (Fsp3) is 0.350. The largest absolute Gasteiger partial charge is 0.341 e. The Kier molecular flexibility index (Phi) is 4.59. The van der Waals surface area contributed by atoms with Gasteiger partial charge in [-0.15, -0.1) is 11.3 Å². The second-order valence-electron chi connectivity index (χ2n) is 6.81. The van der Waals surface area contributed by atoms with E-state index in [1.54, 1.807) is 0 Å². The Morgan fingerprint density at radius 3 is 2.62 bits per heavy atom. The summed E-state index contributed by atoms with van der Waals surface area (Å²) in [4.78, 5) is 32.5. The van der Waals surface area contributed by atoms with E-state index in [0.29, 0.717) is 10.2 Å². The van der Waals surface area contributed by atoms with Gasteiger partial charge in [-0.1, -0.05) is 29.8 Å². The van der Waals surface area contributed by atoms with E-state index in [1.165, 1.54) is 34.2 Å². The van der Waals surface area contributed by atoms with Gasteiger partial charge >= 0.3 is 0 Å². The van der Waals surface area contributed by atoms with E-state index in [4.69, 9.17) is 0 Å². The lowest BCUT2D eigenvalue weighted by molar-refractivity contribution is -0.132. The molecule has 0 atom stereocenters. The second kappa shape index (κ2) is 7.03. The van der Waals surface area contributed by atoms with E-state index in [0.717, 1.165) is 37.1 Å². The fourth-order valence-corrected chi connectivity index (χ4v) is 4.32. The van der Waals surface area contributed by atoms with Crippen molar-refractivity contribution in [3.05, 3.63) is 51.9 Å². The molecule has 6 heteroatoms. The first-order valence-electron chi connectivity index (χ1n) is 8.95. The van der Waals surface area contributed by atoms with Crippen LogP contribution in [0.5, 0.6) is 0 Å². The van der Waals surface area contributed by atoms with Crippen molar-refractivity contribution in [1.82, 2.24) is 14.5 Å². The molecule has 0 bridgehead atoms. The van der Waals surface area contributed by atoms with Gasteiger partial charge in [0.2, 0.25) is 5.91 Å². The molecule has 0 N–H and O–H groups in total. The monoisotopic (exact) mass is 367 g/mol. The van der Waals surface area contributed by atoms with Crippen LogP contribution in [0.4, 0.5) is 0 Å². The van der Waals surface area contributed by atoms with Crippen LogP contribution < -0.4 is 5.56 Å². The van der Waals surface area contributed by atoms with Gasteiger partial charge in [-0.3, -0.25) is 14.2 Å². The summed E-state index contributed by atoms with van der Waals surface area (Å²) in [6, 6.07) is 8.11. The van der Waals surface area contributed by atoms with Gasteiger partial charge in [-0.2, -0.15) is 0 Å². The summed E-state index contributed by atoms with van der Waals surface area (Å²) in [6.45, 7) is 3.67. The van der Waals surface area contributed by atoms with Gasteiger partial charge in [0.25, 0.3) is 5.56 Å². The van der Waals surface area contributed by atoms with Gasteiger partial charge in [0.1, 0.15) is 11.4 Å². The molecule has 1 aliphatic rings. The van der Waals surface area contributed by atoms with E-state index < -0.39 is 0 Å². The minimum Gasteiger partial charge on any atom is -0.341 e. The van der Waals surface area contributed by atoms with Gasteiger partial charge < -0.3 is 4.90 Å². The van der Waals surface area contributed by atoms with E-state index in [2.05, 4.69) is 4.98 Å². The van der Waals surface area contributed by atoms with Crippen molar-refractivity contribution in [2.24, 2.45) is 0 Å². The highest BCUT2D eigenvalue weighted by molar-refractivity contribution is 7.17. The van der Waals surface area contributed by atoms with E-state index in [-0.39, 0.29) is 18.0 Å². The Morgan fingerprint density at radius 2 is 1.88 bits per heavy atom. The summed E-state index contributed by atoms with van der Waals surface area (Å²) in [5, 5.41) is 2.58. The molecule has 1 aliphatic heterocycles. The van der Waals surface area contributed by atoms with E-state index in [9.17, 15) is 9.59 Å². The number of likely N-dealkylation sites (tertiary alicyclic amines) is 1. The number of carbonyl (C=O) groups excluding carboxylic acids is 1. The first kappa shape index (κ1) is 17.0. The van der Waals surface area contributed by atoms with Crippen molar-refractivity contribution >= 4 is 27.5 Å². The molecule has 2 aromatic heterocycles. The van der Waals surface area contributed by atoms with Crippen LogP contribution in [0.15, 0.2) is 40.8 Å². The number of rotatable bonds is 3. The quantitative estimate of drug-likeness (QED) is 0.712. The van der Waals surface area contributed by atoms with Crippen LogP contribution >= 0.6 is 11.3 Å². The van der Waals surface area contributed by atoms with E-state index >= 15 is 0 Å². The number of nitrogens with zero attached hydrogens (tertiary/aromatic N) is 3. The van der Waals surface area contributed by atoms with Crippen LogP contribution in [0, 0.1) is 6.92 Å². The smallest absolute Gasteiger partial charge is 0.263 e. The maximum absolute atomic E-state index is 13.0. The minimum atomic E-state index is -0.141. The van der Waals surface area contributed by atoms with Gasteiger partial charge in [0.05, 0.1) is 11.7 Å². The van der Waals surface area contributed by atoms with Crippen molar-refractivity contribution in [3.8, 4) is 11.1 Å². The fourth-order valence-electron chi connectivity index (χ4n) is 3.41. The summed E-state index contributed by atoms with van der Waals surface area (Å²) < 4.78 is 1.45. The summed E-state index contributed by atoms with van der Waals surface area (Å²) in [5.41, 5.74) is 2.93. The zero-order chi connectivity index (χ0) is 18.1. The number of benzene rings is 1. The Balaban J connectivity index is 1.70. The van der Waals surface area contributed by atoms with Gasteiger partial charge in [0, 0.05) is 24.0 Å². The van der Waals surface area contributed by atoms with Gasteiger partial charge in [-0.25, -0.2) is 4.98 Å². The highest BCUT2D eigenvalue weighted by atomic mass is 32.1. The number of hydrogen-bond acceptors (Lipinski definition) is 4. The molecule has 0 aliphatic carbocycles. The van der Waals surface area contributed by atoms with Crippen LogP contribution in [0.1, 0.15) is 24.8 Å². The van der Waals surface area contributed by atoms with Crippen LogP contribution in [-0.4, -0.2) is 33.4 Å². The Hall–Kier alpha value is -2.47. The first-order valence-corrected chi connectivity index (χ1v) is 9.83. The average Bonchev–Trinajstić information content (AvgIpc) is 3.10. The molecule has 26 heavy (non-hydrogen) atoms. The Labute approximate surface area is 155 Å². The standard InChI is InChI=1S/C20H21N3O2S/c1-14-5-7-15(8-6-14)16-12-26-19-18(16)20(25)23(13-21-19)11-17(24)22-9-3-2-4-10-22/h5-8,12-13H,2-4,9-11H2,1H3. The molecular weight excluding hydrogens is 346 g/mol. The molecule has 1 saturated heterocycles. The number of aryl methyl sites for hydroxylation is 1. The molecule has 3 aromatic rings. The predicted molar refractivity (Wildman–Crippen MR) is 104 cm³/mol. The lowest BCUT2D eigenvalue weighted by Gasteiger charge is -2.26. The van der Waals surface area contributed by atoms with E-state index in [1.807, 2.05) is 41.5 Å². The number of aromatic nitrogens is 2.